The number of hydrogen-bond donors (Lipinski definition) is 1. The van der Waals surface area contributed by atoms with Gasteiger partial charge in [0.2, 0.25) is 0 Å². The Hall–Kier alpha value is -2.39. The molecule has 0 atom stereocenters. The van der Waals surface area contributed by atoms with Crippen molar-refractivity contribution in [3.63, 3.8) is 0 Å². The van der Waals surface area contributed by atoms with E-state index < -0.39 is 0 Å². The van der Waals surface area contributed by atoms with Crippen molar-refractivity contribution in [1.82, 2.24) is 4.98 Å². The summed E-state index contributed by atoms with van der Waals surface area (Å²) in [7, 11) is 0. The van der Waals surface area contributed by atoms with E-state index in [4.69, 9.17) is 11.6 Å². The summed E-state index contributed by atoms with van der Waals surface area (Å²) in [6, 6.07) is 13.0. The molecular formula is C19H17ClN2O. The predicted octanol–water partition coefficient (Wildman–Crippen LogP) is 5.07. The topological polar surface area (TPSA) is 42.0 Å². The van der Waals surface area contributed by atoms with Gasteiger partial charge >= 0.3 is 0 Å². The van der Waals surface area contributed by atoms with Crippen LogP contribution in [0.1, 0.15) is 27.2 Å². The number of pyridine rings is 1. The standard InChI is InChI=1S/C19H17ClN2O/c1-11-8-12(2)18-16(9-11)17(10-13(3)21-18)19(23)22-15-6-4-14(20)5-7-15/h4-10H,1-3H3,(H,22,23). The van der Waals surface area contributed by atoms with E-state index in [-0.39, 0.29) is 5.91 Å². The smallest absolute Gasteiger partial charge is 0.256 e. The van der Waals surface area contributed by atoms with Gasteiger partial charge in [-0.05, 0) is 62.7 Å². The Balaban J connectivity index is 2.07. The number of anilines is 1. The minimum atomic E-state index is -0.146. The van der Waals surface area contributed by atoms with Crippen LogP contribution in [-0.4, -0.2) is 10.9 Å². The van der Waals surface area contributed by atoms with E-state index in [0.29, 0.717) is 16.3 Å². The Morgan fingerprint density at radius 2 is 1.74 bits per heavy atom. The lowest BCUT2D eigenvalue weighted by molar-refractivity contribution is 0.102. The van der Waals surface area contributed by atoms with E-state index in [9.17, 15) is 4.79 Å². The molecule has 0 aliphatic heterocycles. The summed E-state index contributed by atoms with van der Waals surface area (Å²) < 4.78 is 0. The van der Waals surface area contributed by atoms with Gasteiger partial charge in [-0.1, -0.05) is 23.2 Å². The number of halogens is 1. The molecule has 1 amide bonds. The highest BCUT2D eigenvalue weighted by atomic mass is 35.5. The lowest BCUT2D eigenvalue weighted by Gasteiger charge is -2.11. The predicted molar refractivity (Wildman–Crippen MR) is 95.4 cm³/mol. The molecular weight excluding hydrogens is 308 g/mol. The molecule has 0 bridgehead atoms. The van der Waals surface area contributed by atoms with Crippen molar-refractivity contribution < 1.29 is 4.79 Å². The molecule has 116 valence electrons. The quantitative estimate of drug-likeness (QED) is 0.715. The van der Waals surface area contributed by atoms with Gasteiger partial charge < -0.3 is 5.32 Å². The Kier molecular flexibility index (Phi) is 4.05. The first kappa shape index (κ1) is 15.5. The Morgan fingerprint density at radius 1 is 1.04 bits per heavy atom. The van der Waals surface area contributed by atoms with Gasteiger partial charge in [-0.2, -0.15) is 0 Å². The van der Waals surface area contributed by atoms with Crippen LogP contribution in [0, 0.1) is 20.8 Å². The van der Waals surface area contributed by atoms with Crippen LogP contribution in [0.5, 0.6) is 0 Å². The highest BCUT2D eigenvalue weighted by Gasteiger charge is 2.14. The van der Waals surface area contributed by atoms with Crippen LogP contribution in [-0.2, 0) is 0 Å². The maximum absolute atomic E-state index is 12.7. The van der Waals surface area contributed by atoms with Gasteiger partial charge in [-0.3, -0.25) is 9.78 Å². The molecule has 3 aromatic rings. The normalized spacial score (nSPS) is 10.8. The fourth-order valence-corrected chi connectivity index (χ4v) is 2.85. The highest BCUT2D eigenvalue weighted by molar-refractivity contribution is 6.30. The van der Waals surface area contributed by atoms with E-state index in [1.807, 2.05) is 32.9 Å². The van der Waals surface area contributed by atoms with Crippen molar-refractivity contribution in [1.29, 1.82) is 0 Å². The zero-order valence-corrected chi connectivity index (χ0v) is 14.0. The van der Waals surface area contributed by atoms with Crippen molar-refractivity contribution in [2.24, 2.45) is 0 Å². The van der Waals surface area contributed by atoms with Crippen molar-refractivity contribution >= 4 is 34.1 Å². The number of carbonyl (C=O) groups excluding carboxylic acids is 1. The van der Waals surface area contributed by atoms with Gasteiger partial charge in [0.05, 0.1) is 11.1 Å². The van der Waals surface area contributed by atoms with Crippen LogP contribution in [0.4, 0.5) is 5.69 Å². The van der Waals surface area contributed by atoms with Crippen LogP contribution in [0.25, 0.3) is 10.9 Å². The van der Waals surface area contributed by atoms with Crippen molar-refractivity contribution in [3.8, 4) is 0 Å². The van der Waals surface area contributed by atoms with E-state index in [0.717, 1.165) is 27.7 Å². The number of rotatable bonds is 2. The minimum absolute atomic E-state index is 0.146. The van der Waals surface area contributed by atoms with E-state index in [1.54, 1.807) is 24.3 Å². The molecule has 0 radical (unpaired) electrons. The molecule has 0 fully saturated rings. The molecule has 4 heteroatoms. The molecule has 0 aliphatic carbocycles. The maximum Gasteiger partial charge on any atom is 0.256 e. The summed E-state index contributed by atoms with van der Waals surface area (Å²) in [6.45, 7) is 5.94. The lowest BCUT2D eigenvalue weighted by Crippen LogP contribution is -2.13. The second-order valence-corrected chi connectivity index (χ2v) is 6.19. The van der Waals surface area contributed by atoms with Gasteiger partial charge in [0.25, 0.3) is 5.91 Å². The van der Waals surface area contributed by atoms with E-state index in [2.05, 4.69) is 16.4 Å². The monoisotopic (exact) mass is 324 g/mol. The van der Waals surface area contributed by atoms with Gasteiger partial charge in [0.1, 0.15) is 0 Å². The fourth-order valence-electron chi connectivity index (χ4n) is 2.73. The molecule has 1 heterocycles. The van der Waals surface area contributed by atoms with E-state index in [1.165, 1.54) is 0 Å². The molecule has 0 aliphatic rings. The van der Waals surface area contributed by atoms with Gasteiger partial charge in [0, 0.05) is 21.8 Å². The molecule has 3 nitrogen and oxygen atoms in total. The van der Waals surface area contributed by atoms with Crippen LogP contribution in [0.15, 0.2) is 42.5 Å². The zero-order valence-electron chi connectivity index (χ0n) is 13.3. The number of amides is 1. The van der Waals surface area contributed by atoms with Crippen LogP contribution in [0.3, 0.4) is 0 Å². The third-order valence-corrected chi connectivity index (χ3v) is 3.98. The minimum Gasteiger partial charge on any atom is -0.322 e. The molecule has 23 heavy (non-hydrogen) atoms. The van der Waals surface area contributed by atoms with Crippen LogP contribution in [0.2, 0.25) is 5.02 Å². The first-order chi connectivity index (χ1) is 10.9. The molecule has 1 aromatic heterocycles. The molecule has 0 unspecified atom stereocenters. The number of aryl methyl sites for hydroxylation is 3. The summed E-state index contributed by atoms with van der Waals surface area (Å²) in [4.78, 5) is 17.3. The Labute approximate surface area is 140 Å². The summed E-state index contributed by atoms with van der Waals surface area (Å²) in [5, 5.41) is 4.43. The number of nitrogens with one attached hydrogen (secondary N) is 1. The second kappa shape index (κ2) is 6.01. The third-order valence-electron chi connectivity index (χ3n) is 3.72. The number of nitrogens with zero attached hydrogens (tertiary/aromatic N) is 1. The van der Waals surface area contributed by atoms with Crippen molar-refractivity contribution in [2.75, 3.05) is 5.32 Å². The number of benzene rings is 2. The number of carbonyl (C=O) groups is 1. The highest BCUT2D eigenvalue weighted by Crippen LogP contribution is 2.24. The Morgan fingerprint density at radius 3 is 2.43 bits per heavy atom. The molecule has 1 N–H and O–H groups in total. The molecule has 2 aromatic carbocycles. The first-order valence-electron chi connectivity index (χ1n) is 7.39. The number of hydrogen-bond acceptors (Lipinski definition) is 2. The first-order valence-corrected chi connectivity index (χ1v) is 7.77. The lowest BCUT2D eigenvalue weighted by atomic mass is 10.0. The molecule has 0 saturated heterocycles. The largest absolute Gasteiger partial charge is 0.322 e. The SMILES string of the molecule is Cc1cc(C)c2nc(C)cc(C(=O)Nc3ccc(Cl)cc3)c2c1. The van der Waals surface area contributed by atoms with E-state index >= 15 is 0 Å². The third kappa shape index (κ3) is 3.20. The zero-order chi connectivity index (χ0) is 16.6. The summed E-state index contributed by atoms with van der Waals surface area (Å²) in [5.41, 5.74) is 5.23. The average Bonchev–Trinajstić information content (AvgIpc) is 2.49. The summed E-state index contributed by atoms with van der Waals surface area (Å²) >= 11 is 5.88. The van der Waals surface area contributed by atoms with Crippen LogP contribution < -0.4 is 5.32 Å². The summed E-state index contributed by atoms with van der Waals surface area (Å²) in [5.74, 6) is -0.146. The molecule has 3 rings (SSSR count). The second-order valence-electron chi connectivity index (χ2n) is 5.75. The van der Waals surface area contributed by atoms with Gasteiger partial charge in [0.15, 0.2) is 0 Å². The number of aromatic nitrogens is 1. The maximum atomic E-state index is 12.7. The average molecular weight is 325 g/mol. The van der Waals surface area contributed by atoms with Crippen molar-refractivity contribution in [3.05, 3.63) is 69.9 Å². The summed E-state index contributed by atoms with van der Waals surface area (Å²) in [6.07, 6.45) is 0. The van der Waals surface area contributed by atoms with Gasteiger partial charge in [-0.15, -0.1) is 0 Å². The van der Waals surface area contributed by atoms with Gasteiger partial charge in [-0.25, -0.2) is 0 Å². The van der Waals surface area contributed by atoms with Crippen LogP contribution >= 0.6 is 11.6 Å². The van der Waals surface area contributed by atoms with Crippen molar-refractivity contribution in [2.45, 2.75) is 20.8 Å². The molecule has 0 spiro atoms. The molecule has 0 saturated carbocycles. The fraction of sp³-hybridized carbons (Fsp3) is 0.158. The Bertz CT molecular complexity index is 901. The number of fused-ring (bicyclic) bond motifs is 1.